The molecule has 0 aliphatic heterocycles. The monoisotopic (exact) mass is 356 g/mol. The topological polar surface area (TPSA) is 68.3 Å². The fraction of sp³-hybridized carbons (Fsp3) is 0.500. The van der Waals surface area contributed by atoms with Gasteiger partial charge in [-0.3, -0.25) is 0 Å². The summed E-state index contributed by atoms with van der Waals surface area (Å²) in [4.78, 5) is 0.375. The smallest absolute Gasteiger partial charge is 0.218 e. The van der Waals surface area contributed by atoms with Gasteiger partial charge in [0.2, 0.25) is 8.87 Å². The molecule has 8 heteroatoms. The zero-order chi connectivity index (χ0) is 16.0. The van der Waals surface area contributed by atoms with Crippen molar-refractivity contribution in [3.05, 3.63) is 30.3 Å². The van der Waals surface area contributed by atoms with Gasteiger partial charge in [-0.25, -0.2) is 16.8 Å². The average Bonchev–Trinajstić information content (AvgIpc) is 2.27. The molecule has 20 heavy (non-hydrogen) atoms. The zero-order valence-electron chi connectivity index (χ0n) is 12.2. The maximum Gasteiger partial charge on any atom is 0.230 e. The lowest BCUT2D eigenvalue weighted by Crippen LogP contribution is -2.12. The highest BCUT2D eigenvalue weighted by Gasteiger charge is 2.23. The Morgan fingerprint density at radius 2 is 1.35 bits per heavy atom. The maximum absolute atomic E-state index is 11.8. The van der Waals surface area contributed by atoms with Gasteiger partial charge in [0.25, 0.3) is 0 Å². The standard InChI is InChI=1S/C10H14O2S2.C2H6O2S2/c1-10(2,3)13-14(11,12)9-7-5-4-6-8-9;1-5-6(2,3)4/h4-8H,1-3H3;1-2H3. The summed E-state index contributed by atoms with van der Waals surface area (Å²) in [6.07, 6.45) is 2.72. The highest BCUT2D eigenvalue weighted by Crippen LogP contribution is 2.33. The first-order chi connectivity index (χ1) is 8.87. The minimum absolute atomic E-state index is 0.283. The molecular weight excluding hydrogens is 336 g/mol. The van der Waals surface area contributed by atoms with Crippen LogP contribution in [0.4, 0.5) is 0 Å². The molecular formula is C12H20O4S4. The van der Waals surface area contributed by atoms with E-state index in [1.54, 1.807) is 30.3 Å². The van der Waals surface area contributed by atoms with Crippen LogP contribution in [-0.4, -0.2) is 34.1 Å². The lowest BCUT2D eigenvalue weighted by Gasteiger charge is -2.16. The predicted octanol–water partition coefficient (Wildman–Crippen LogP) is 3.22. The third-order valence-corrected chi connectivity index (χ3v) is 8.42. The van der Waals surface area contributed by atoms with Gasteiger partial charge in [0.1, 0.15) is 0 Å². The molecule has 1 rings (SSSR count). The van der Waals surface area contributed by atoms with E-state index in [1.165, 1.54) is 12.5 Å². The molecule has 0 spiro atoms. The molecule has 0 atom stereocenters. The van der Waals surface area contributed by atoms with Gasteiger partial charge in [0.05, 0.1) is 4.90 Å². The van der Waals surface area contributed by atoms with Crippen LogP contribution in [0.5, 0.6) is 0 Å². The van der Waals surface area contributed by atoms with Crippen LogP contribution in [0.1, 0.15) is 20.8 Å². The van der Waals surface area contributed by atoms with Gasteiger partial charge in [0, 0.05) is 11.0 Å². The minimum Gasteiger partial charge on any atom is -0.218 e. The molecule has 0 fully saturated rings. The summed E-state index contributed by atoms with van der Waals surface area (Å²) in [5, 5.41) is 0. The number of rotatable bonds is 3. The van der Waals surface area contributed by atoms with E-state index in [1.807, 2.05) is 20.8 Å². The third-order valence-electron chi connectivity index (χ3n) is 1.69. The van der Waals surface area contributed by atoms with Crippen molar-refractivity contribution in [3.63, 3.8) is 0 Å². The van der Waals surface area contributed by atoms with Crippen LogP contribution < -0.4 is 0 Å². The van der Waals surface area contributed by atoms with Gasteiger partial charge in [-0.15, -0.1) is 0 Å². The van der Waals surface area contributed by atoms with E-state index in [2.05, 4.69) is 0 Å². The Hall–Kier alpha value is -0.180. The van der Waals surface area contributed by atoms with E-state index in [-0.39, 0.29) is 4.75 Å². The molecule has 1 aromatic rings. The van der Waals surface area contributed by atoms with Crippen LogP contribution in [0.25, 0.3) is 0 Å². The Balaban J connectivity index is 0.000000511. The van der Waals surface area contributed by atoms with Crippen LogP contribution in [0.15, 0.2) is 35.2 Å². The quantitative estimate of drug-likeness (QED) is 0.775. The predicted molar refractivity (Wildman–Crippen MR) is 89.3 cm³/mol. The summed E-state index contributed by atoms with van der Waals surface area (Å²) < 4.78 is 43.3. The first-order valence-corrected chi connectivity index (χ1v) is 12.1. The van der Waals surface area contributed by atoms with Crippen molar-refractivity contribution in [2.45, 2.75) is 30.4 Å². The Morgan fingerprint density at radius 3 is 1.65 bits per heavy atom. The fourth-order valence-corrected chi connectivity index (χ4v) is 4.81. The van der Waals surface area contributed by atoms with Crippen molar-refractivity contribution in [2.24, 2.45) is 0 Å². The van der Waals surface area contributed by atoms with Crippen molar-refractivity contribution in [2.75, 3.05) is 12.5 Å². The van der Waals surface area contributed by atoms with E-state index in [9.17, 15) is 16.8 Å². The van der Waals surface area contributed by atoms with Gasteiger partial charge < -0.3 is 0 Å². The van der Waals surface area contributed by atoms with Crippen LogP contribution in [0.2, 0.25) is 0 Å². The summed E-state index contributed by atoms with van der Waals surface area (Å²) in [5.74, 6) is 0. The second-order valence-corrected chi connectivity index (χ2v) is 14.0. The van der Waals surface area contributed by atoms with Crippen LogP contribution in [0, 0.1) is 0 Å². The van der Waals surface area contributed by atoms with Crippen LogP contribution in [-0.2, 0) is 17.7 Å². The van der Waals surface area contributed by atoms with Gasteiger partial charge >= 0.3 is 0 Å². The van der Waals surface area contributed by atoms with Crippen molar-refractivity contribution in [3.8, 4) is 0 Å². The van der Waals surface area contributed by atoms with E-state index >= 15 is 0 Å². The van der Waals surface area contributed by atoms with Crippen molar-refractivity contribution in [1.29, 1.82) is 0 Å². The molecule has 0 aromatic heterocycles. The molecule has 116 valence electrons. The molecule has 0 radical (unpaired) electrons. The zero-order valence-corrected chi connectivity index (χ0v) is 15.4. The van der Waals surface area contributed by atoms with E-state index in [0.717, 1.165) is 21.6 Å². The Kier molecular flexibility index (Phi) is 7.65. The van der Waals surface area contributed by atoms with Crippen molar-refractivity contribution in [1.82, 2.24) is 0 Å². The summed E-state index contributed by atoms with van der Waals surface area (Å²) in [5.41, 5.74) is 0. The first-order valence-electron chi connectivity index (χ1n) is 5.64. The van der Waals surface area contributed by atoms with Gasteiger partial charge in [-0.2, -0.15) is 0 Å². The highest BCUT2D eigenvalue weighted by molar-refractivity contribution is 8.72. The van der Waals surface area contributed by atoms with Gasteiger partial charge in [-0.1, -0.05) is 18.2 Å². The molecule has 0 saturated carbocycles. The van der Waals surface area contributed by atoms with Gasteiger partial charge in [0.15, 0.2) is 8.87 Å². The largest absolute Gasteiger partial charge is 0.230 e. The van der Waals surface area contributed by atoms with E-state index < -0.39 is 17.7 Å². The molecule has 0 N–H and O–H groups in total. The molecule has 0 amide bonds. The summed E-state index contributed by atoms with van der Waals surface area (Å²) >= 11 is 0. The lowest BCUT2D eigenvalue weighted by atomic mass is 10.3. The second kappa shape index (κ2) is 7.72. The molecule has 0 aliphatic rings. The van der Waals surface area contributed by atoms with Crippen molar-refractivity contribution >= 4 is 39.3 Å². The summed E-state index contributed by atoms with van der Waals surface area (Å²) in [6, 6.07) is 8.51. The average molecular weight is 357 g/mol. The Labute approximate surface area is 129 Å². The molecule has 0 unspecified atom stereocenters. The first kappa shape index (κ1) is 19.8. The molecule has 0 heterocycles. The third kappa shape index (κ3) is 9.68. The summed E-state index contributed by atoms with van der Waals surface area (Å²) in [6.45, 7) is 5.66. The highest BCUT2D eigenvalue weighted by atomic mass is 33.1. The minimum atomic E-state index is -3.20. The van der Waals surface area contributed by atoms with Crippen LogP contribution >= 0.6 is 21.6 Å². The normalized spacial score (nSPS) is 12.4. The molecule has 4 nitrogen and oxygen atoms in total. The SMILES string of the molecule is CC(C)(C)SS(=O)(=O)c1ccccc1.CSS(C)(=O)=O. The Morgan fingerprint density at radius 1 is 0.950 bits per heavy atom. The second-order valence-electron chi connectivity index (χ2n) is 4.83. The number of hydrogen-bond acceptors (Lipinski definition) is 6. The fourth-order valence-electron chi connectivity index (χ4n) is 0.964. The van der Waals surface area contributed by atoms with Gasteiger partial charge in [-0.05, 0) is 60.7 Å². The molecule has 0 bridgehead atoms. The number of hydrogen-bond donors (Lipinski definition) is 0. The van der Waals surface area contributed by atoms with E-state index in [0.29, 0.717) is 4.90 Å². The molecule has 0 saturated heterocycles. The maximum atomic E-state index is 11.8. The number of benzene rings is 1. The van der Waals surface area contributed by atoms with Crippen molar-refractivity contribution < 1.29 is 16.8 Å². The Bertz CT molecular complexity index is 599. The molecule has 0 aliphatic carbocycles. The lowest BCUT2D eigenvalue weighted by molar-refractivity contribution is 0.609. The van der Waals surface area contributed by atoms with Crippen LogP contribution in [0.3, 0.4) is 0 Å². The summed E-state index contributed by atoms with van der Waals surface area (Å²) in [7, 11) is -4.11. The van der Waals surface area contributed by atoms with E-state index in [4.69, 9.17) is 0 Å². The molecule has 1 aromatic carbocycles.